The first kappa shape index (κ1) is 135. The van der Waals surface area contributed by atoms with Gasteiger partial charge in [-0.2, -0.15) is 0 Å². The number of unbranched alkanes of at least 4 members (excludes halogenated alkanes) is 59. The molecular weight excluding hydrogens is 1790 g/mol. The summed E-state index contributed by atoms with van der Waals surface area (Å²) in [4.78, 5) is 160. The van der Waals surface area contributed by atoms with Crippen molar-refractivity contribution < 1.29 is 47.9 Å². The second-order valence-corrected chi connectivity index (χ2v) is 42.4. The van der Waals surface area contributed by atoms with Crippen LogP contribution in [-0.4, -0.2) is 304 Å². The molecule has 27 heteroatoms. The number of rotatable bonds is 109. The lowest BCUT2D eigenvalue weighted by Gasteiger charge is -2.34. The van der Waals surface area contributed by atoms with E-state index in [0.29, 0.717) is 78.5 Å². The van der Waals surface area contributed by atoms with Crippen LogP contribution in [-0.2, 0) is 47.9 Å². The van der Waals surface area contributed by atoms with E-state index in [1.54, 1.807) is 34.3 Å². The summed E-state index contributed by atoms with van der Waals surface area (Å²) in [7, 11) is 0. The molecule has 27 nitrogen and oxygen atoms in total. The molecule has 1 fully saturated rings. The molecule has 1 heterocycles. The second kappa shape index (κ2) is 101. The van der Waals surface area contributed by atoms with Crippen LogP contribution in [0.25, 0.3) is 0 Å². The molecule has 1 saturated heterocycles. The number of hydrogen-bond acceptors (Lipinski definition) is 17. The minimum Gasteiger partial charge on any atom is -0.368 e. The van der Waals surface area contributed by atoms with Crippen molar-refractivity contribution in [1.82, 2.24) is 64.9 Å². The van der Waals surface area contributed by atoms with Crippen LogP contribution in [0.4, 0.5) is 0 Å². The average molecular weight is 2020 g/mol. The Balaban J connectivity index is 3.08. The fourth-order valence-corrected chi connectivity index (χ4v) is 19.6. The third kappa shape index (κ3) is 82.0. The van der Waals surface area contributed by atoms with Crippen LogP contribution in [0.1, 0.15) is 491 Å². The highest BCUT2D eigenvalue weighted by molar-refractivity contribution is 5.93. The molecule has 0 spiro atoms. The van der Waals surface area contributed by atoms with E-state index in [4.69, 9.17) is 22.9 Å². The van der Waals surface area contributed by atoms with E-state index in [0.717, 1.165) is 290 Å². The maximum atomic E-state index is 15.0. The number of carbonyl (C=O) groups excluding carboxylic acids is 10. The Morgan fingerprint density at radius 2 is 0.350 bits per heavy atom. The Labute approximate surface area is 877 Å². The second-order valence-electron chi connectivity index (χ2n) is 42.4. The maximum absolute atomic E-state index is 15.0. The molecule has 0 aliphatic carbocycles. The van der Waals surface area contributed by atoms with Crippen LogP contribution >= 0.6 is 0 Å². The van der Waals surface area contributed by atoms with Gasteiger partial charge in [0.05, 0.1) is 65.4 Å². The van der Waals surface area contributed by atoms with E-state index in [1.807, 2.05) is 0 Å². The van der Waals surface area contributed by atoms with Crippen LogP contribution in [0.2, 0.25) is 0 Å². The van der Waals surface area contributed by atoms with Gasteiger partial charge in [-0.3, -0.25) is 47.9 Å². The van der Waals surface area contributed by atoms with E-state index in [1.165, 1.54) is 217 Å². The molecule has 10 amide bonds. The molecule has 0 unspecified atom stereocenters. The lowest BCUT2D eigenvalue weighted by molar-refractivity contribution is -0.146. The van der Waals surface area contributed by atoms with E-state index >= 15 is 0 Å². The van der Waals surface area contributed by atoms with Crippen molar-refractivity contribution in [2.75, 3.05) is 196 Å². The zero-order valence-corrected chi connectivity index (χ0v) is 94.1. The normalized spacial score (nSPS) is 12.3. The van der Waals surface area contributed by atoms with Crippen LogP contribution in [0.5, 0.6) is 0 Å². The van der Waals surface area contributed by atoms with Gasteiger partial charge in [0.1, 0.15) is 0 Å². The molecule has 143 heavy (non-hydrogen) atoms. The smallest absolute Gasteiger partial charge is 0.242 e. The molecular formula is C116H229N17O10. The van der Waals surface area contributed by atoms with Crippen LogP contribution < -0.4 is 38.9 Å². The van der Waals surface area contributed by atoms with Crippen molar-refractivity contribution in [3.05, 3.63) is 0 Å². The highest BCUT2D eigenvalue weighted by Crippen LogP contribution is 2.22. The van der Waals surface area contributed by atoms with E-state index in [2.05, 4.69) is 67.3 Å². The minimum atomic E-state index is -0.588. The molecule has 1 rings (SSSR count). The number of primary amides is 2. The topological polar surface area (TPSA) is 343 Å². The van der Waals surface area contributed by atoms with Gasteiger partial charge in [0.15, 0.2) is 0 Å². The first-order valence-corrected chi connectivity index (χ1v) is 60.6. The molecule has 0 aromatic heterocycles. The zero-order chi connectivity index (χ0) is 104. The van der Waals surface area contributed by atoms with Gasteiger partial charge in [-0.1, -0.05) is 414 Å². The molecule has 0 aromatic rings. The lowest BCUT2D eigenvalue weighted by Crippen LogP contribution is -2.51. The first-order chi connectivity index (χ1) is 69.8. The van der Waals surface area contributed by atoms with Crippen molar-refractivity contribution in [2.24, 2.45) is 22.9 Å². The van der Waals surface area contributed by atoms with Crippen LogP contribution in [0.15, 0.2) is 0 Å². The third-order valence-electron chi connectivity index (χ3n) is 29.1. The van der Waals surface area contributed by atoms with Crippen molar-refractivity contribution in [3.8, 4) is 0 Å². The summed E-state index contributed by atoms with van der Waals surface area (Å²) in [5.41, 5.74) is 23.1. The van der Waals surface area contributed by atoms with Crippen molar-refractivity contribution in [2.45, 2.75) is 491 Å². The lowest BCUT2D eigenvalue weighted by atomic mass is 10.0. The van der Waals surface area contributed by atoms with Gasteiger partial charge in [-0.05, 0) is 129 Å². The summed E-state index contributed by atoms with van der Waals surface area (Å²) in [6.07, 6.45) is 75.6. The van der Waals surface area contributed by atoms with Crippen molar-refractivity contribution in [1.29, 1.82) is 0 Å². The van der Waals surface area contributed by atoms with Crippen molar-refractivity contribution in [3.63, 3.8) is 0 Å². The molecule has 0 bridgehead atoms. The Hall–Kier alpha value is -5.58. The Morgan fingerprint density at radius 1 is 0.189 bits per heavy atom. The quantitative estimate of drug-likeness (QED) is 0.0278. The summed E-state index contributed by atoms with van der Waals surface area (Å²) >= 11 is 0. The number of nitrogens with two attached hydrogens (primary N) is 4. The first-order valence-electron chi connectivity index (χ1n) is 60.6. The van der Waals surface area contributed by atoms with Crippen LogP contribution in [0.3, 0.4) is 0 Å². The van der Waals surface area contributed by atoms with Gasteiger partial charge >= 0.3 is 0 Å². The predicted molar refractivity (Wildman–Crippen MR) is 598 cm³/mol. The number of nitrogens with zero attached hydrogens (tertiary/aromatic N) is 10. The van der Waals surface area contributed by atoms with Gasteiger partial charge in [0.2, 0.25) is 59.1 Å². The van der Waals surface area contributed by atoms with Gasteiger partial charge in [-0.25, -0.2) is 0 Å². The summed E-state index contributed by atoms with van der Waals surface area (Å²) < 4.78 is 0. The molecule has 1 aliphatic heterocycles. The molecule has 0 saturated carbocycles. The molecule has 11 N–H and O–H groups in total. The Bertz CT molecular complexity index is 3010. The van der Waals surface area contributed by atoms with Gasteiger partial charge in [0, 0.05) is 78.5 Å². The highest BCUT2D eigenvalue weighted by atomic mass is 16.2. The molecule has 0 aromatic carbocycles. The Morgan fingerprint density at radius 3 is 0.545 bits per heavy atom. The summed E-state index contributed by atoms with van der Waals surface area (Å²) in [6, 6.07) is 0. The number of carbonyl (C=O) groups is 10. The van der Waals surface area contributed by atoms with Crippen molar-refractivity contribution >= 4 is 59.1 Å². The number of hydrogen-bond donors (Lipinski definition) is 7. The SMILES string of the molecule is CCCCCCCCCCN(CC(N)=O)C(=O)CN(CCCCCCCCCC)C(=O)CN(CCCCCCCCCC)C(=O)CN(CCCCCCCCCCCCCCCCCCCCN(CC(N)=O)C(=O)CN(CCCCCCCCCC)C(=O)CN(CCCCCCCCCC)C(=O)CN(CCCCCCCCCC)C(=O)CNCCCN1CCN(CCCN)CC1)C(=O)CNCCCNCCCN. The standard InChI is InChI=1S/C116H229N17O10/c1-7-13-19-25-31-49-57-65-85-126(99-107(119)134)111(138)103-130(89-69-61-51-33-27-21-15-9-3)115(142)105-132(91-71-63-53-35-29-23-17-11-5)113(140)101-128(109(136)97-122-81-75-80-121-79-73-77-117)87-68-60-56-48-46-44-42-40-38-37-39-41-43-45-47-55-58-66-86-127(100-108(120)135)112(139)104-131(90-70-62-52-34-28-22-16-10-4)116(143)106-133(92-72-64-54-36-30-24-18-12-6)114(141)102-129(88-67-59-50-32-26-20-14-8-2)110(137)98-123-82-76-84-125-95-93-124(94-96-125)83-74-78-118/h121-123H,7-106,117-118H2,1-6H3,(H2,119,134)(H2,120,135). The average Bonchev–Trinajstić information content (AvgIpc) is 0.856. The van der Waals surface area contributed by atoms with Gasteiger partial charge < -0.3 is 87.9 Å². The summed E-state index contributed by atoms with van der Waals surface area (Å²) in [5, 5.41) is 10.2. The zero-order valence-electron chi connectivity index (χ0n) is 94.1. The molecule has 0 radical (unpaired) electrons. The monoisotopic (exact) mass is 2020 g/mol. The predicted octanol–water partition coefficient (Wildman–Crippen LogP) is 20.3. The molecule has 1 aliphatic rings. The summed E-state index contributed by atoms with van der Waals surface area (Å²) in [6.45, 7) is 26.0. The van der Waals surface area contributed by atoms with E-state index < -0.39 is 11.8 Å². The van der Waals surface area contributed by atoms with E-state index in [-0.39, 0.29) is 113 Å². The Kier molecular flexibility index (Phi) is 95.6. The number of nitrogens with one attached hydrogen (secondary N) is 3. The number of amides is 10. The fourth-order valence-electron chi connectivity index (χ4n) is 19.6. The largest absolute Gasteiger partial charge is 0.368 e. The summed E-state index contributed by atoms with van der Waals surface area (Å²) in [5.74, 6) is -3.08. The van der Waals surface area contributed by atoms with Gasteiger partial charge in [-0.15, -0.1) is 0 Å². The minimum absolute atomic E-state index is 0.0987. The maximum Gasteiger partial charge on any atom is 0.242 e. The highest BCUT2D eigenvalue weighted by Gasteiger charge is 2.31. The fraction of sp³-hybridized carbons (Fsp3) is 0.914. The van der Waals surface area contributed by atoms with Gasteiger partial charge in [0.25, 0.3) is 0 Å². The van der Waals surface area contributed by atoms with E-state index in [9.17, 15) is 47.9 Å². The molecule has 0 atom stereocenters. The molecule has 838 valence electrons. The number of piperazine rings is 1. The third-order valence-corrected chi connectivity index (χ3v) is 29.1. The van der Waals surface area contributed by atoms with Crippen LogP contribution in [0, 0.1) is 0 Å².